The lowest BCUT2D eigenvalue weighted by atomic mass is 10.1. The number of benzene rings is 1. The molecule has 0 N–H and O–H groups in total. The van der Waals surface area contributed by atoms with Crippen LogP contribution in [0.25, 0.3) is 0 Å². The molecule has 1 fully saturated rings. The highest BCUT2D eigenvalue weighted by Gasteiger charge is 2.33. The lowest BCUT2D eigenvalue weighted by Gasteiger charge is -2.18. The van der Waals surface area contributed by atoms with E-state index >= 15 is 0 Å². The maximum Gasteiger partial charge on any atom is 0.232 e. The maximum atomic E-state index is 12.0. The number of anilines is 1. The van der Waals surface area contributed by atoms with Crippen molar-refractivity contribution in [2.75, 3.05) is 24.3 Å². The molecule has 0 aromatic heterocycles. The van der Waals surface area contributed by atoms with Crippen molar-refractivity contribution in [2.45, 2.75) is 13.3 Å². The van der Waals surface area contributed by atoms with E-state index in [0.717, 1.165) is 17.0 Å². The maximum absolute atomic E-state index is 12.0. The zero-order valence-corrected chi connectivity index (χ0v) is 12.9. The SMILES string of the molecule is COc1ccc(N2CC(CS(=O)(=O)Cl)CC2=O)cc1C. The van der Waals surface area contributed by atoms with E-state index < -0.39 is 9.05 Å². The average molecular weight is 318 g/mol. The van der Waals surface area contributed by atoms with Gasteiger partial charge in [0.1, 0.15) is 5.75 Å². The van der Waals surface area contributed by atoms with Gasteiger partial charge in [-0.3, -0.25) is 4.79 Å². The monoisotopic (exact) mass is 317 g/mol. The fourth-order valence-corrected chi connectivity index (χ4v) is 3.78. The second kappa shape index (κ2) is 5.61. The van der Waals surface area contributed by atoms with Crippen molar-refractivity contribution in [2.24, 2.45) is 5.92 Å². The smallest absolute Gasteiger partial charge is 0.232 e. The number of nitrogens with zero attached hydrogens (tertiary/aromatic N) is 1. The highest BCUT2D eigenvalue weighted by molar-refractivity contribution is 8.13. The van der Waals surface area contributed by atoms with Crippen LogP contribution in [0.5, 0.6) is 5.75 Å². The summed E-state index contributed by atoms with van der Waals surface area (Å²) in [6.45, 7) is 2.26. The molecule has 1 aliphatic heterocycles. The lowest BCUT2D eigenvalue weighted by molar-refractivity contribution is -0.117. The molecule has 0 aliphatic carbocycles. The second-order valence-electron chi connectivity index (χ2n) is 4.93. The molecule has 0 bridgehead atoms. The van der Waals surface area contributed by atoms with Crippen LogP contribution < -0.4 is 9.64 Å². The van der Waals surface area contributed by atoms with E-state index in [0.29, 0.717) is 6.54 Å². The molecule has 0 radical (unpaired) electrons. The van der Waals surface area contributed by atoms with Crippen LogP contribution in [0.2, 0.25) is 0 Å². The molecule has 5 nitrogen and oxygen atoms in total. The van der Waals surface area contributed by atoms with Crippen molar-refractivity contribution in [3.8, 4) is 5.75 Å². The summed E-state index contributed by atoms with van der Waals surface area (Å²) >= 11 is 0. The minimum Gasteiger partial charge on any atom is -0.496 e. The third kappa shape index (κ3) is 3.43. The number of ether oxygens (including phenoxy) is 1. The number of hydrogen-bond donors (Lipinski definition) is 0. The fourth-order valence-electron chi connectivity index (χ4n) is 2.45. The first-order valence-corrected chi connectivity index (χ1v) is 8.65. The summed E-state index contributed by atoms with van der Waals surface area (Å²) in [4.78, 5) is 13.6. The third-order valence-electron chi connectivity index (χ3n) is 3.33. The van der Waals surface area contributed by atoms with Crippen LogP contribution in [0.3, 0.4) is 0 Å². The molecule has 0 saturated carbocycles. The Morgan fingerprint density at radius 2 is 2.15 bits per heavy atom. The summed E-state index contributed by atoms with van der Waals surface area (Å²) in [6.07, 6.45) is 0.205. The van der Waals surface area contributed by atoms with E-state index in [1.807, 2.05) is 13.0 Å². The molecule has 1 aromatic carbocycles. The number of methoxy groups -OCH3 is 1. The Hall–Kier alpha value is -1.27. The summed E-state index contributed by atoms with van der Waals surface area (Å²) in [5, 5.41) is 0. The normalized spacial score (nSPS) is 19.4. The second-order valence-corrected chi connectivity index (χ2v) is 7.76. The van der Waals surface area contributed by atoms with Gasteiger partial charge in [0, 0.05) is 35.3 Å². The Labute approximate surface area is 122 Å². The molecule has 1 saturated heterocycles. The highest BCUT2D eigenvalue weighted by atomic mass is 35.7. The molecule has 20 heavy (non-hydrogen) atoms. The number of carbonyl (C=O) groups excluding carboxylic acids is 1. The first-order chi connectivity index (χ1) is 9.30. The Balaban J connectivity index is 2.18. The average Bonchev–Trinajstić information content (AvgIpc) is 2.67. The summed E-state index contributed by atoms with van der Waals surface area (Å²) in [7, 11) is 3.25. The Bertz CT molecular complexity index is 629. The number of amides is 1. The first kappa shape index (κ1) is 15.1. The van der Waals surface area contributed by atoms with Gasteiger partial charge in [0.15, 0.2) is 0 Å². The van der Waals surface area contributed by atoms with Crippen molar-refractivity contribution in [1.82, 2.24) is 0 Å². The van der Waals surface area contributed by atoms with Gasteiger partial charge < -0.3 is 9.64 Å². The molecular weight excluding hydrogens is 302 g/mol. The van der Waals surface area contributed by atoms with Gasteiger partial charge in [0.25, 0.3) is 0 Å². The van der Waals surface area contributed by atoms with Crippen molar-refractivity contribution in [3.63, 3.8) is 0 Å². The highest BCUT2D eigenvalue weighted by Crippen LogP contribution is 2.30. The molecule has 1 amide bonds. The largest absolute Gasteiger partial charge is 0.496 e. The topological polar surface area (TPSA) is 63.7 Å². The number of rotatable bonds is 4. The van der Waals surface area contributed by atoms with Gasteiger partial charge in [0.2, 0.25) is 15.0 Å². The molecular formula is C13H16ClNO4S. The summed E-state index contributed by atoms with van der Waals surface area (Å²) in [6, 6.07) is 5.44. The third-order valence-corrected chi connectivity index (χ3v) is 4.58. The van der Waals surface area contributed by atoms with Crippen LogP contribution in [-0.2, 0) is 13.8 Å². The predicted molar refractivity (Wildman–Crippen MR) is 77.8 cm³/mol. The van der Waals surface area contributed by atoms with E-state index in [-0.39, 0.29) is 24.0 Å². The number of hydrogen-bond acceptors (Lipinski definition) is 4. The minimum absolute atomic E-state index is 0.0834. The molecule has 1 atom stereocenters. The standard InChI is InChI=1S/C13H16ClNO4S/c1-9-5-11(3-4-12(9)19-2)15-7-10(6-13(15)16)8-20(14,17)18/h3-5,10H,6-8H2,1-2H3. The number of aryl methyl sites for hydroxylation is 1. The molecule has 1 unspecified atom stereocenters. The molecule has 2 rings (SSSR count). The molecule has 1 aromatic rings. The van der Waals surface area contributed by atoms with Crippen molar-refractivity contribution in [1.29, 1.82) is 0 Å². The van der Waals surface area contributed by atoms with Crippen LogP contribution in [0, 0.1) is 12.8 Å². The summed E-state index contributed by atoms with van der Waals surface area (Å²) in [5.41, 5.74) is 1.67. The van der Waals surface area contributed by atoms with Crippen molar-refractivity contribution in [3.05, 3.63) is 23.8 Å². The van der Waals surface area contributed by atoms with Gasteiger partial charge in [-0.25, -0.2) is 8.42 Å². The summed E-state index contributed by atoms with van der Waals surface area (Å²) in [5.74, 6) is 0.235. The molecule has 110 valence electrons. The van der Waals surface area contributed by atoms with E-state index in [1.54, 1.807) is 24.1 Å². The van der Waals surface area contributed by atoms with E-state index in [9.17, 15) is 13.2 Å². The molecule has 7 heteroatoms. The van der Waals surface area contributed by atoms with Crippen LogP contribution in [0.15, 0.2) is 18.2 Å². The van der Waals surface area contributed by atoms with Crippen LogP contribution in [0.1, 0.15) is 12.0 Å². The fraction of sp³-hybridized carbons (Fsp3) is 0.462. The zero-order valence-electron chi connectivity index (χ0n) is 11.3. The van der Waals surface area contributed by atoms with Crippen molar-refractivity contribution < 1.29 is 17.9 Å². The molecule has 1 heterocycles. The molecule has 1 aliphatic rings. The van der Waals surface area contributed by atoms with Gasteiger partial charge in [-0.2, -0.15) is 0 Å². The number of carbonyl (C=O) groups is 1. The Morgan fingerprint density at radius 3 is 2.70 bits per heavy atom. The van der Waals surface area contributed by atoms with E-state index in [4.69, 9.17) is 15.4 Å². The summed E-state index contributed by atoms with van der Waals surface area (Å²) < 4.78 is 27.4. The molecule has 0 spiro atoms. The van der Waals surface area contributed by atoms with Gasteiger partial charge in [0.05, 0.1) is 12.9 Å². The zero-order chi connectivity index (χ0) is 14.9. The minimum atomic E-state index is -3.58. The lowest BCUT2D eigenvalue weighted by Crippen LogP contribution is -2.25. The number of halogens is 1. The van der Waals surface area contributed by atoms with E-state index in [2.05, 4.69) is 0 Å². The van der Waals surface area contributed by atoms with Crippen LogP contribution >= 0.6 is 10.7 Å². The van der Waals surface area contributed by atoms with Gasteiger partial charge >= 0.3 is 0 Å². The first-order valence-electron chi connectivity index (χ1n) is 6.17. The Morgan fingerprint density at radius 1 is 1.45 bits per heavy atom. The van der Waals surface area contributed by atoms with E-state index in [1.165, 1.54) is 0 Å². The van der Waals surface area contributed by atoms with Crippen LogP contribution in [-0.4, -0.2) is 33.7 Å². The van der Waals surface area contributed by atoms with Gasteiger partial charge in [-0.15, -0.1) is 0 Å². The van der Waals surface area contributed by atoms with Gasteiger partial charge in [-0.05, 0) is 30.7 Å². The van der Waals surface area contributed by atoms with Gasteiger partial charge in [-0.1, -0.05) is 0 Å². The quantitative estimate of drug-likeness (QED) is 0.796. The van der Waals surface area contributed by atoms with Crippen molar-refractivity contribution >= 4 is 31.3 Å². The predicted octanol–water partition coefficient (Wildman–Crippen LogP) is 1.93. The Kier molecular flexibility index (Phi) is 4.25. The van der Waals surface area contributed by atoms with Crippen LogP contribution in [0.4, 0.5) is 5.69 Å².